The Morgan fingerprint density at radius 1 is 0.327 bits per heavy atom. The first-order chi connectivity index (χ1) is 24.3. The maximum absolute atomic E-state index is 6.43. The Kier molecular flexibility index (Phi) is 6.18. The zero-order chi connectivity index (χ0) is 32.3. The van der Waals surface area contributed by atoms with Crippen LogP contribution in [0.5, 0.6) is 0 Å². The van der Waals surface area contributed by atoms with E-state index in [1.807, 2.05) is 36.4 Å². The molecular formula is C46H28N2O. The van der Waals surface area contributed by atoms with E-state index < -0.39 is 0 Å². The third-order valence-corrected chi connectivity index (χ3v) is 9.65. The molecule has 49 heavy (non-hydrogen) atoms. The van der Waals surface area contributed by atoms with E-state index in [0.29, 0.717) is 5.82 Å². The molecule has 0 aliphatic rings. The standard InChI is InChI=1S/C46H28N2O/c1-4-12-29(13-5-1)35-24-25-42-45-43(35)38-27-33(22-23-36(38)37-20-11-21-41(49-42)44(37)45)32-18-10-19-34(26-32)46-47-39(30-14-6-2-7-15-30)28-40(48-46)31-16-8-3-9-17-31/h1-28H. The molecule has 0 bridgehead atoms. The zero-order valence-corrected chi connectivity index (χ0v) is 26.5. The summed E-state index contributed by atoms with van der Waals surface area (Å²) >= 11 is 0. The lowest BCUT2D eigenvalue weighted by molar-refractivity contribution is 0.669. The van der Waals surface area contributed by atoms with E-state index in [4.69, 9.17) is 14.4 Å². The van der Waals surface area contributed by atoms with E-state index in [0.717, 1.165) is 50.4 Å². The van der Waals surface area contributed by atoms with Gasteiger partial charge in [-0.2, -0.15) is 0 Å². The van der Waals surface area contributed by atoms with Crippen LogP contribution in [0, 0.1) is 0 Å². The Morgan fingerprint density at radius 2 is 0.918 bits per heavy atom. The maximum Gasteiger partial charge on any atom is 0.160 e. The Morgan fingerprint density at radius 3 is 1.63 bits per heavy atom. The van der Waals surface area contributed by atoms with Crippen LogP contribution in [0.2, 0.25) is 0 Å². The van der Waals surface area contributed by atoms with Gasteiger partial charge in [0, 0.05) is 32.8 Å². The predicted molar refractivity (Wildman–Crippen MR) is 203 cm³/mol. The average molecular weight is 625 g/mol. The Balaban J connectivity index is 1.18. The molecule has 2 aromatic heterocycles. The first-order valence-corrected chi connectivity index (χ1v) is 16.6. The summed E-state index contributed by atoms with van der Waals surface area (Å²) in [6, 6.07) is 59.6. The Labute approximate surface area is 283 Å². The number of benzene rings is 8. The summed E-state index contributed by atoms with van der Waals surface area (Å²) in [7, 11) is 0. The predicted octanol–water partition coefficient (Wildman–Crippen LogP) is 12.5. The van der Waals surface area contributed by atoms with Gasteiger partial charge >= 0.3 is 0 Å². The summed E-state index contributed by atoms with van der Waals surface area (Å²) in [6.45, 7) is 0. The van der Waals surface area contributed by atoms with Gasteiger partial charge in [0.15, 0.2) is 5.82 Å². The van der Waals surface area contributed by atoms with Crippen molar-refractivity contribution in [1.82, 2.24) is 9.97 Å². The third-order valence-electron chi connectivity index (χ3n) is 9.65. The highest BCUT2D eigenvalue weighted by molar-refractivity contribution is 6.35. The molecule has 0 unspecified atom stereocenters. The molecule has 0 fully saturated rings. The monoisotopic (exact) mass is 624 g/mol. The van der Waals surface area contributed by atoms with Gasteiger partial charge in [0.1, 0.15) is 11.2 Å². The first kappa shape index (κ1) is 27.5. The molecule has 0 spiro atoms. The molecule has 3 nitrogen and oxygen atoms in total. The van der Waals surface area contributed by atoms with Gasteiger partial charge in [0.25, 0.3) is 0 Å². The van der Waals surface area contributed by atoms with Crippen molar-refractivity contribution in [3.05, 3.63) is 170 Å². The highest BCUT2D eigenvalue weighted by atomic mass is 16.3. The number of aromatic nitrogens is 2. The summed E-state index contributed by atoms with van der Waals surface area (Å²) in [4.78, 5) is 10.2. The van der Waals surface area contributed by atoms with E-state index in [-0.39, 0.29) is 0 Å². The number of hydrogen-bond donors (Lipinski definition) is 0. The molecule has 0 N–H and O–H groups in total. The minimum Gasteiger partial charge on any atom is -0.456 e. The van der Waals surface area contributed by atoms with E-state index >= 15 is 0 Å². The SMILES string of the molecule is c1ccc(-c2cc(-c3ccccc3)nc(-c3cccc(-c4ccc5c(c4)c4c(-c6ccccc6)ccc6oc7cccc5c7c64)c3)n2)cc1. The topological polar surface area (TPSA) is 38.9 Å². The van der Waals surface area contributed by atoms with Gasteiger partial charge in [0.2, 0.25) is 0 Å². The van der Waals surface area contributed by atoms with Gasteiger partial charge < -0.3 is 4.42 Å². The van der Waals surface area contributed by atoms with Crippen molar-refractivity contribution >= 4 is 43.5 Å². The minimum absolute atomic E-state index is 0.700. The van der Waals surface area contributed by atoms with Crippen LogP contribution in [0.1, 0.15) is 0 Å². The quantitative estimate of drug-likeness (QED) is 0.179. The minimum atomic E-state index is 0.700. The molecule has 2 heterocycles. The lowest BCUT2D eigenvalue weighted by atomic mass is 9.88. The van der Waals surface area contributed by atoms with Crippen molar-refractivity contribution in [1.29, 1.82) is 0 Å². The van der Waals surface area contributed by atoms with Crippen molar-refractivity contribution in [3.63, 3.8) is 0 Å². The summed E-state index contributed by atoms with van der Waals surface area (Å²) in [6.07, 6.45) is 0. The molecule has 0 saturated carbocycles. The summed E-state index contributed by atoms with van der Waals surface area (Å²) in [5, 5.41) is 7.24. The van der Waals surface area contributed by atoms with Crippen LogP contribution >= 0.6 is 0 Å². The molecule has 228 valence electrons. The molecule has 0 amide bonds. The van der Waals surface area contributed by atoms with Gasteiger partial charge in [-0.05, 0) is 68.7 Å². The van der Waals surface area contributed by atoms with Gasteiger partial charge in [-0.1, -0.05) is 140 Å². The van der Waals surface area contributed by atoms with Crippen molar-refractivity contribution in [2.24, 2.45) is 0 Å². The van der Waals surface area contributed by atoms with Gasteiger partial charge in [0.05, 0.1) is 11.4 Å². The van der Waals surface area contributed by atoms with E-state index in [1.165, 1.54) is 43.4 Å². The average Bonchev–Trinajstić information content (AvgIpc) is 3.57. The first-order valence-electron chi connectivity index (χ1n) is 16.6. The smallest absolute Gasteiger partial charge is 0.160 e. The fourth-order valence-corrected chi connectivity index (χ4v) is 7.37. The molecule has 10 aromatic rings. The number of rotatable bonds is 5. The number of nitrogens with zero attached hydrogens (tertiary/aromatic N) is 2. The van der Waals surface area contributed by atoms with Gasteiger partial charge in [-0.3, -0.25) is 0 Å². The number of hydrogen-bond acceptors (Lipinski definition) is 3. The van der Waals surface area contributed by atoms with Crippen LogP contribution in [0.3, 0.4) is 0 Å². The second-order valence-corrected chi connectivity index (χ2v) is 12.5. The van der Waals surface area contributed by atoms with E-state index in [2.05, 4.69) is 133 Å². The van der Waals surface area contributed by atoms with Crippen molar-refractivity contribution in [2.45, 2.75) is 0 Å². The molecule has 0 aliphatic carbocycles. The maximum atomic E-state index is 6.43. The Hall–Kier alpha value is -6.58. The number of fused-ring (bicyclic) bond motifs is 3. The highest BCUT2D eigenvalue weighted by Gasteiger charge is 2.20. The van der Waals surface area contributed by atoms with E-state index in [1.54, 1.807) is 0 Å². The molecule has 10 rings (SSSR count). The molecular weight excluding hydrogens is 597 g/mol. The summed E-state index contributed by atoms with van der Waals surface area (Å²) in [5.74, 6) is 0.700. The van der Waals surface area contributed by atoms with Crippen LogP contribution < -0.4 is 0 Å². The van der Waals surface area contributed by atoms with E-state index in [9.17, 15) is 0 Å². The second-order valence-electron chi connectivity index (χ2n) is 12.5. The molecule has 0 radical (unpaired) electrons. The van der Waals surface area contributed by atoms with Crippen LogP contribution in [0.25, 0.3) is 99.6 Å². The van der Waals surface area contributed by atoms with Crippen molar-refractivity contribution in [2.75, 3.05) is 0 Å². The van der Waals surface area contributed by atoms with Gasteiger partial charge in [-0.15, -0.1) is 0 Å². The summed E-state index contributed by atoms with van der Waals surface area (Å²) < 4.78 is 6.43. The largest absolute Gasteiger partial charge is 0.456 e. The molecule has 0 atom stereocenters. The third kappa shape index (κ3) is 4.51. The molecule has 3 heteroatoms. The van der Waals surface area contributed by atoms with Gasteiger partial charge in [-0.25, -0.2) is 9.97 Å². The second kappa shape index (κ2) is 11.0. The molecule has 0 aliphatic heterocycles. The van der Waals surface area contributed by atoms with Crippen LogP contribution in [0.4, 0.5) is 0 Å². The summed E-state index contributed by atoms with van der Waals surface area (Å²) in [5.41, 5.74) is 11.4. The van der Waals surface area contributed by atoms with Crippen LogP contribution in [0.15, 0.2) is 174 Å². The highest BCUT2D eigenvalue weighted by Crippen LogP contribution is 2.46. The Bertz CT molecular complexity index is 2750. The fraction of sp³-hybridized carbons (Fsp3) is 0. The zero-order valence-electron chi connectivity index (χ0n) is 26.5. The van der Waals surface area contributed by atoms with Crippen LogP contribution in [-0.2, 0) is 0 Å². The number of furan rings is 1. The lowest BCUT2D eigenvalue weighted by Crippen LogP contribution is -1.96. The fourth-order valence-electron chi connectivity index (χ4n) is 7.37. The van der Waals surface area contributed by atoms with Crippen molar-refractivity contribution < 1.29 is 4.42 Å². The molecule has 8 aromatic carbocycles. The normalized spacial score (nSPS) is 11.7. The molecule has 0 saturated heterocycles. The lowest BCUT2D eigenvalue weighted by Gasteiger charge is -2.14. The van der Waals surface area contributed by atoms with Crippen LogP contribution in [-0.4, -0.2) is 9.97 Å². The van der Waals surface area contributed by atoms with Crippen molar-refractivity contribution in [3.8, 4) is 56.2 Å².